The van der Waals surface area contributed by atoms with E-state index in [0.29, 0.717) is 17.3 Å². The highest BCUT2D eigenvalue weighted by atomic mass is 32.2. The van der Waals surface area contributed by atoms with Crippen molar-refractivity contribution < 1.29 is 5.11 Å². The molecule has 2 heteroatoms. The molecule has 0 saturated carbocycles. The van der Waals surface area contributed by atoms with E-state index >= 15 is 0 Å². The van der Waals surface area contributed by atoms with Crippen molar-refractivity contribution in [2.45, 2.75) is 44.1 Å². The monoisotopic (exact) mass is 174 g/mol. The van der Waals surface area contributed by atoms with Gasteiger partial charge in [-0.3, -0.25) is 0 Å². The van der Waals surface area contributed by atoms with Gasteiger partial charge in [0.1, 0.15) is 0 Å². The van der Waals surface area contributed by atoms with Crippen LogP contribution in [0, 0.1) is 5.41 Å². The molecular weight excluding hydrogens is 156 g/mol. The zero-order chi connectivity index (χ0) is 8.48. The van der Waals surface area contributed by atoms with Crippen LogP contribution < -0.4 is 0 Å². The number of aliphatic hydroxyl groups excluding tert-OH is 1. The van der Waals surface area contributed by atoms with E-state index in [1.54, 1.807) is 0 Å². The van der Waals surface area contributed by atoms with Crippen molar-refractivity contribution in [3.63, 3.8) is 0 Å². The van der Waals surface area contributed by atoms with Gasteiger partial charge in [0.05, 0.1) is 6.61 Å². The smallest absolute Gasteiger partial charge is 0.0550 e. The second kappa shape index (κ2) is 3.36. The van der Waals surface area contributed by atoms with Crippen LogP contribution >= 0.6 is 11.8 Å². The summed E-state index contributed by atoms with van der Waals surface area (Å²) in [5.41, 5.74) is 0.411. The second-order valence-electron chi connectivity index (χ2n) is 4.37. The van der Waals surface area contributed by atoms with Crippen LogP contribution in [0.4, 0.5) is 0 Å². The molecule has 1 nitrogen and oxygen atoms in total. The molecule has 0 spiro atoms. The maximum Gasteiger partial charge on any atom is 0.0550 e. The Labute approximate surface area is 73.6 Å². The molecule has 11 heavy (non-hydrogen) atoms. The Hall–Kier alpha value is 0.310. The Kier molecular flexibility index (Phi) is 2.87. The van der Waals surface area contributed by atoms with Crippen LogP contribution in [0.25, 0.3) is 0 Å². The fourth-order valence-corrected chi connectivity index (χ4v) is 2.98. The number of thioether (sulfide) groups is 1. The van der Waals surface area contributed by atoms with E-state index in [2.05, 4.69) is 20.8 Å². The lowest BCUT2D eigenvalue weighted by Crippen LogP contribution is -2.20. The van der Waals surface area contributed by atoms with E-state index in [-0.39, 0.29) is 0 Å². The van der Waals surface area contributed by atoms with Gasteiger partial charge < -0.3 is 5.11 Å². The first kappa shape index (κ1) is 9.40. The molecule has 1 aliphatic heterocycles. The van der Waals surface area contributed by atoms with Crippen LogP contribution in [0.2, 0.25) is 0 Å². The summed E-state index contributed by atoms with van der Waals surface area (Å²) in [6.07, 6.45) is 2.47. The lowest BCUT2D eigenvalue weighted by atomic mass is 9.89. The lowest BCUT2D eigenvalue weighted by Gasteiger charge is -2.26. The Bertz CT molecular complexity index is 128. The molecule has 1 rings (SSSR count). The molecule has 0 bridgehead atoms. The van der Waals surface area contributed by atoms with E-state index in [1.165, 1.54) is 12.8 Å². The molecule has 1 N–H and O–H groups in total. The Morgan fingerprint density at radius 1 is 1.36 bits per heavy atom. The average Bonchev–Trinajstić information content (AvgIpc) is 2.32. The molecule has 0 aliphatic carbocycles. The molecule has 1 saturated heterocycles. The van der Waals surface area contributed by atoms with E-state index in [1.807, 2.05) is 11.8 Å². The summed E-state index contributed by atoms with van der Waals surface area (Å²) in [5, 5.41) is 10.2. The summed E-state index contributed by atoms with van der Waals surface area (Å²) in [6.45, 7) is 7.20. The maximum absolute atomic E-state index is 8.93. The number of hydrogen-bond donors (Lipinski definition) is 1. The van der Waals surface area contributed by atoms with Gasteiger partial charge in [-0.05, 0) is 18.3 Å². The van der Waals surface area contributed by atoms with Crippen molar-refractivity contribution in [3.8, 4) is 0 Å². The molecule has 2 atom stereocenters. The Morgan fingerprint density at radius 2 is 2.00 bits per heavy atom. The van der Waals surface area contributed by atoms with Gasteiger partial charge in [-0.25, -0.2) is 0 Å². The first-order chi connectivity index (χ1) is 5.04. The largest absolute Gasteiger partial charge is 0.395 e. The van der Waals surface area contributed by atoms with Gasteiger partial charge in [-0.1, -0.05) is 20.8 Å². The summed E-state index contributed by atoms with van der Waals surface area (Å²) in [7, 11) is 0. The third-order valence-electron chi connectivity index (χ3n) is 2.28. The fourth-order valence-electron chi connectivity index (χ4n) is 1.48. The number of rotatable bonds is 1. The molecule has 0 aromatic carbocycles. The minimum Gasteiger partial charge on any atom is -0.395 e. The van der Waals surface area contributed by atoms with E-state index in [4.69, 9.17) is 5.11 Å². The lowest BCUT2D eigenvalue weighted by molar-refractivity contribution is 0.291. The van der Waals surface area contributed by atoms with Crippen LogP contribution in [-0.2, 0) is 0 Å². The molecule has 2 unspecified atom stereocenters. The van der Waals surface area contributed by atoms with Crippen molar-refractivity contribution in [3.05, 3.63) is 0 Å². The van der Waals surface area contributed by atoms with Gasteiger partial charge in [-0.15, -0.1) is 0 Å². The summed E-state index contributed by atoms with van der Waals surface area (Å²) < 4.78 is 0. The Morgan fingerprint density at radius 3 is 2.27 bits per heavy atom. The van der Waals surface area contributed by atoms with E-state index in [9.17, 15) is 0 Å². The summed E-state index contributed by atoms with van der Waals surface area (Å²) in [6, 6.07) is 0. The first-order valence-corrected chi connectivity index (χ1v) is 5.24. The number of aliphatic hydroxyl groups is 1. The van der Waals surface area contributed by atoms with Crippen molar-refractivity contribution >= 4 is 11.8 Å². The quantitative estimate of drug-likeness (QED) is 0.658. The standard InChI is InChI=1S/C9H18OS/c1-9(2,3)8-5-4-7(6-10)11-8/h7-8,10H,4-6H2,1-3H3. The molecule has 0 aromatic heterocycles. The second-order valence-corrected chi connectivity index (χ2v) is 5.88. The molecule has 66 valence electrons. The van der Waals surface area contributed by atoms with Gasteiger partial charge in [-0.2, -0.15) is 11.8 Å². The van der Waals surface area contributed by atoms with Gasteiger partial charge in [0, 0.05) is 10.5 Å². The zero-order valence-corrected chi connectivity index (χ0v) is 8.45. The van der Waals surface area contributed by atoms with E-state index < -0.39 is 0 Å². The third kappa shape index (κ3) is 2.38. The maximum atomic E-state index is 8.93. The van der Waals surface area contributed by atoms with Gasteiger partial charge in [0.25, 0.3) is 0 Å². The summed E-state index contributed by atoms with van der Waals surface area (Å²) >= 11 is 1.97. The van der Waals surface area contributed by atoms with Crippen LogP contribution in [-0.4, -0.2) is 22.2 Å². The van der Waals surface area contributed by atoms with Crippen molar-refractivity contribution in [1.29, 1.82) is 0 Å². The fraction of sp³-hybridized carbons (Fsp3) is 1.00. The SMILES string of the molecule is CC(C)(C)C1CCC(CO)S1. The van der Waals surface area contributed by atoms with Gasteiger partial charge >= 0.3 is 0 Å². The molecular formula is C9H18OS. The molecule has 1 aliphatic rings. The van der Waals surface area contributed by atoms with Gasteiger partial charge in [0.2, 0.25) is 0 Å². The highest BCUT2D eigenvalue weighted by molar-refractivity contribution is 8.00. The molecule has 0 radical (unpaired) electrons. The normalized spacial score (nSPS) is 32.7. The summed E-state index contributed by atoms with van der Waals surface area (Å²) in [4.78, 5) is 0. The zero-order valence-electron chi connectivity index (χ0n) is 7.63. The molecule has 1 heterocycles. The average molecular weight is 174 g/mol. The Balaban J connectivity index is 2.42. The highest BCUT2D eigenvalue weighted by Gasteiger charge is 2.32. The number of hydrogen-bond acceptors (Lipinski definition) is 2. The predicted octanol–water partition coefficient (Wildman–Crippen LogP) is 2.29. The minimum absolute atomic E-state index is 0.358. The third-order valence-corrected chi connectivity index (χ3v) is 4.32. The van der Waals surface area contributed by atoms with Gasteiger partial charge in [0.15, 0.2) is 0 Å². The molecule has 0 aromatic rings. The van der Waals surface area contributed by atoms with Crippen molar-refractivity contribution in [2.75, 3.05) is 6.61 Å². The van der Waals surface area contributed by atoms with Crippen LogP contribution in [0.1, 0.15) is 33.6 Å². The minimum atomic E-state index is 0.358. The molecule has 0 amide bonds. The molecule has 1 fully saturated rings. The van der Waals surface area contributed by atoms with Crippen LogP contribution in [0.3, 0.4) is 0 Å². The van der Waals surface area contributed by atoms with Crippen molar-refractivity contribution in [2.24, 2.45) is 5.41 Å². The highest BCUT2D eigenvalue weighted by Crippen LogP contribution is 2.42. The van der Waals surface area contributed by atoms with Crippen molar-refractivity contribution in [1.82, 2.24) is 0 Å². The summed E-state index contributed by atoms with van der Waals surface area (Å²) in [5.74, 6) is 0. The van der Waals surface area contributed by atoms with Crippen LogP contribution in [0.5, 0.6) is 0 Å². The van der Waals surface area contributed by atoms with E-state index in [0.717, 1.165) is 5.25 Å². The first-order valence-electron chi connectivity index (χ1n) is 4.30. The van der Waals surface area contributed by atoms with Crippen LogP contribution in [0.15, 0.2) is 0 Å². The predicted molar refractivity (Wildman–Crippen MR) is 50.9 cm³/mol. The topological polar surface area (TPSA) is 20.2 Å².